The van der Waals surface area contributed by atoms with Crippen LogP contribution in [0.3, 0.4) is 0 Å². The molecule has 2 saturated carbocycles. The highest BCUT2D eigenvalue weighted by Crippen LogP contribution is 2.58. The van der Waals surface area contributed by atoms with Crippen LogP contribution in [0.4, 0.5) is 18.9 Å². The van der Waals surface area contributed by atoms with Gasteiger partial charge in [-0.2, -0.15) is 13.2 Å². The Morgan fingerprint density at radius 1 is 1.12 bits per heavy atom. The number of fused-ring (bicyclic) bond motifs is 2. The highest BCUT2D eigenvalue weighted by Gasteiger charge is 2.69. The molecular formula is C28H36F3N5O4. The molecule has 1 aromatic rings. The van der Waals surface area contributed by atoms with E-state index in [4.69, 9.17) is 5.73 Å². The second kappa shape index (κ2) is 9.46. The fourth-order valence-electron chi connectivity index (χ4n) is 5.99. The largest absolute Gasteiger partial charge is 0.403 e. The minimum Gasteiger partial charge on any atom is -0.343 e. The fourth-order valence-corrected chi connectivity index (χ4v) is 5.99. The third-order valence-electron chi connectivity index (χ3n) is 8.82. The number of likely N-dealkylation sites (tertiary alicyclic amines) is 1. The molecule has 1 spiro atoms. The minimum absolute atomic E-state index is 0.0421. The van der Waals surface area contributed by atoms with Gasteiger partial charge >= 0.3 is 6.18 Å². The molecule has 218 valence electrons. The quantitative estimate of drug-likeness (QED) is 0.405. The molecular weight excluding hydrogens is 527 g/mol. The third-order valence-corrected chi connectivity index (χ3v) is 8.82. The number of para-hydroxylation sites is 1. The van der Waals surface area contributed by atoms with Gasteiger partial charge in [0, 0.05) is 18.7 Å². The number of nitrogens with two attached hydrogens (primary N) is 1. The first kappa shape index (κ1) is 28.4. The Kier molecular flexibility index (Phi) is 6.71. The molecule has 0 aromatic heterocycles. The highest BCUT2D eigenvalue weighted by molar-refractivity contribution is 6.07. The summed E-state index contributed by atoms with van der Waals surface area (Å²) in [6.07, 6.45) is -3.82. The molecule has 9 nitrogen and oxygen atoms in total. The molecule has 1 saturated heterocycles. The zero-order valence-corrected chi connectivity index (χ0v) is 22.9. The van der Waals surface area contributed by atoms with E-state index >= 15 is 0 Å². The lowest BCUT2D eigenvalue weighted by Gasteiger charge is -2.34. The number of benzene rings is 1. The monoisotopic (exact) mass is 563 g/mol. The molecule has 5 rings (SSSR count). The SMILES string of the molecule is CC(C)(C)[C@H](NC(=O)C1(C(F)(F)F)CC1)C(=O)N[C@@H](CC1CC1)C(=O)N1C[C@]2(C[C@H]1N)C(=O)Nc1ccccc12. The number of nitrogens with zero attached hydrogens (tertiary/aromatic N) is 1. The van der Waals surface area contributed by atoms with Crippen LogP contribution in [0.15, 0.2) is 24.3 Å². The predicted molar refractivity (Wildman–Crippen MR) is 139 cm³/mol. The molecule has 4 amide bonds. The van der Waals surface area contributed by atoms with Crippen molar-refractivity contribution >= 4 is 29.3 Å². The number of carbonyl (C=O) groups excluding carboxylic acids is 4. The maximum Gasteiger partial charge on any atom is 0.403 e. The summed E-state index contributed by atoms with van der Waals surface area (Å²) >= 11 is 0. The summed E-state index contributed by atoms with van der Waals surface area (Å²) in [6.45, 7) is 4.95. The molecule has 4 aliphatic rings. The molecule has 3 fully saturated rings. The molecule has 40 heavy (non-hydrogen) atoms. The second-order valence-corrected chi connectivity index (χ2v) is 12.9. The van der Waals surface area contributed by atoms with Gasteiger partial charge in [0.25, 0.3) is 0 Å². The molecule has 4 atom stereocenters. The van der Waals surface area contributed by atoms with Gasteiger partial charge in [0.2, 0.25) is 23.6 Å². The lowest BCUT2D eigenvalue weighted by Crippen LogP contribution is -2.60. The average molecular weight is 564 g/mol. The Hall–Kier alpha value is -3.15. The lowest BCUT2D eigenvalue weighted by atomic mass is 9.80. The summed E-state index contributed by atoms with van der Waals surface area (Å²) in [5, 5.41) is 7.94. The number of nitrogens with one attached hydrogen (secondary N) is 3. The van der Waals surface area contributed by atoms with Gasteiger partial charge in [0.15, 0.2) is 0 Å². The van der Waals surface area contributed by atoms with Crippen molar-refractivity contribution < 1.29 is 32.3 Å². The number of carbonyl (C=O) groups is 4. The second-order valence-electron chi connectivity index (χ2n) is 12.9. The van der Waals surface area contributed by atoms with E-state index in [0.717, 1.165) is 18.4 Å². The van der Waals surface area contributed by atoms with E-state index in [-0.39, 0.29) is 37.6 Å². The Labute approximate surface area is 230 Å². The summed E-state index contributed by atoms with van der Waals surface area (Å²) in [7, 11) is 0. The normalized spacial score (nSPS) is 26.6. The molecule has 5 N–H and O–H groups in total. The maximum atomic E-state index is 13.9. The zero-order valence-electron chi connectivity index (χ0n) is 22.9. The molecule has 0 bridgehead atoms. The summed E-state index contributed by atoms with van der Waals surface area (Å²) < 4.78 is 40.7. The first-order valence-electron chi connectivity index (χ1n) is 13.7. The fraction of sp³-hybridized carbons (Fsp3) is 0.643. The first-order valence-corrected chi connectivity index (χ1v) is 13.7. The van der Waals surface area contributed by atoms with Gasteiger partial charge < -0.3 is 26.6 Å². The van der Waals surface area contributed by atoms with Crippen molar-refractivity contribution in [2.45, 2.75) is 89.1 Å². The topological polar surface area (TPSA) is 134 Å². The van der Waals surface area contributed by atoms with E-state index in [2.05, 4.69) is 16.0 Å². The molecule has 12 heteroatoms. The number of alkyl halides is 3. The number of hydrogen-bond acceptors (Lipinski definition) is 5. The van der Waals surface area contributed by atoms with E-state index < -0.39 is 58.4 Å². The Balaban J connectivity index is 1.35. The summed E-state index contributed by atoms with van der Waals surface area (Å²) in [6, 6.07) is 4.95. The third kappa shape index (κ3) is 4.84. The Bertz CT molecular complexity index is 1240. The van der Waals surface area contributed by atoms with Crippen LogP contribution in [0.2, 0.25) is 0 Å². The van der Waals surface area contributed by atoms with Crippen LogP contribution in [-0.4, -0.2) is 59.5 Å². The van der Waals surface area contributed by atoms with Gasteiger partial charge in [-0.3, -0.25) is 19.2 Å². The van der Waals surface area contributed by atoms with E-state index in [0.29, 0.717) is 12.1 Å². The van der Waals surface area contributed by atoms with Crippen molar-refractivity contribution in [2.75, 3.05) is 11.9 Å². The van der Waals surface area contributed by atoms with E-state index in [1.807, 2.05) is 12.1 Å². The van der Waals surface area contributed by atoms with Crippen LogP contribution in [0.25, 0.3) is 0 Å². The first-order chi connectivity index (χ1) is 18.6. The molecule has 2 aliphatic heterocycles. The lowest BCUT2D eigenvalue weighted by molar-refractivity contribution is -0.193. The van der Waals surface area contributed by atoms with Crippen molar-refractivity contribution in [3.8, 4) is 0 Å². The number of anilines is 1. The van der Waals surface area contributed by atoms with Crippen molar-refractivity contribution in [3.05, 3.63) is 29.8 Å². The van der Waals surface area contributed by atoms with E-state index in [1.165, 1.54) is 4.90 Å². The van der Waals surface area contributed by atoms with Crippen molar-refractivity contribution in [1.29, 1.82) is 0 Å². The zero-order chi connectivity index (χ0) is 29.3. The van der Waals surface area contributed by atoms with Gasteiger partial charge in [-0.1, -0.05) is 51.8 Å². The van der Waals surface area contributed by atoms with Crippen LogP contribution in [0.5, 0.6) is 0 Å². The summed E-state index contributed by atoms with van der Waals surface area (Å²) in [5.74, 6) is -2.44. The van der Waals surface area contributed by atoms with Crippen molar-refractivity contribution in [3.63, 3.8) is 0 Å². The van der Waals surface area contributed by atoms with Crippen LogP contribution < -0.4 is 21.7 Å². The minimum atomic E-state index is -4.71. The van der Waals surface area contributed by atoms with E-state index in [1.54, 1.807) is 32.9 Å². The van der Waals surface area contributed by atoms with Crippen LogP contribution >= 0.6 is 0 Å². The van der Waals surface area contributed by atoms with Gasteiger partial charge in [-0.05, 0) is 42.2 Å². The Morgan fingerprint density at radius 2 is 1.77 bits per heavy atom. The average Bonchev–Trinajstić information content (AvgIpc) is 3.78. The molecule has 0 radical (unpaired) electrons. The predicted octanol–water partition coefficient (Wildman–Crippen LogP) is 2.55. The van der Waals surface area contributed by atoms with Crippen molar-refractivity contribution in [1.82, 2.24) is 15.5 Å². The standard InChI is InChI=1S/C28H36F3N5O4/c1-25(2,3)20(35-24(40)27(10-11-27)28(29,30)31)21(37)33-18(12-15-8-9-15)22(38)36-14-26(13-19(36)32)16-6-4-5-7-17(16)34-23(26)39/h4-7,15,18-20H,8-14,32H2,1-3H3,(H,33,37)(H,34,39)(H,35,40)/t18-,19-,20+,26-/m0/s1. The molecule has 1 aromatic carbocycles. The van der Waals surface area contributed by atoms with E-state index in [9.17, 15) is 32.3 Å². The maximum absolute atomic E-state index is 13.9. The number of amides is 4. The molecule has 0 unspecified atom stereocenters. The van der Waals surface area contributed by atoms with Crippen LogP contribution in [0, 0.1) is 16.7 Å². The number of halogens is 3. The van der Waals surface area contributed by atoms with Crippen LogP contribution in [0.1, 0.15) is 64.9 Å². The number of hydrogen-bond donors (Lipinski definition) is 4. The molecule has 2 aliphatic carbocycles. The summed E-state index contributed by atoms with van der Waals surface area (Å²) in [5.41, 5.74) is 3.43. The Morgan fingerprint density at radius 3 is 2.35 bits per heavy atom. The van der Waals surface area contributed by atoms with Gasteiger partial charge in [-0.25, -0.2) is 0 Å². The van der Waals surface area contributed by atoms with Gasteiger partial charge in [0.05, 0.1) is 11.6 Å². The summed E-state index contributed by atoms with van der Waals surface area (Å²) in [4.78, 5) is 54.6. The number of rotatable bonds is 7. The van der Waals surface area contributed by atoms with Gasteiger partial charge in [0.1, 0.15) is 17.5 Å². The van der Waals surface area contributed by atoms with Crippen LogP contribution in [-0.2, 0) is 24.6 Å². The smallest absolute Gasteiger partial charge is 0.343 e. The molecule has 2 heterocycles. The highest BCUT2D eigenvalue weighted by atomic mass is 19.4. The van der Waals surface area contributed by atoms with Gasteiger partial charge in [-0.15, -0.1) is 0 Å². The van der Waals surface area contributed by atoms with Crippen molar-refractivity contribution in [2.24, 2.45) is 22.5 Å².